The Hall–Kier alpha value is -2.62. The van der Waals surface area contributed by atoms with E-state index in [1.54, 1.807) is 4.90 Å². The number of nitrogens with zero attached hydrogens (tertiary/aromatic N) is 1. The molecule has 0 atom stereocenters. The van der Waals surface area contributed by atoms with Crippen LogP contribution in [0.5, 0.6) is 0 Å². The van der Waals surface area contributed by atoms with Crippen molar-refractivity contribution in [1.29, 1.82) is 0 Å². The molecule has 1 amide bonds. The molecule has 2 aromatic carbocycles. The summed E-state index contributed by atoms with van der Waals surface area (Å²) in [5.41, 5.74) is 5.03. The molecule has 0 aliphatic heterocycles. The fraction of sp³-hybridized carbons (Fsp3) is 0.500. The number of rotatable bonds is 11. The number of ether oxygens (including phenoxy) is 1. The number of aldehydes is 1. The Balaban J connectivity index is 0.00000114. The van der Waals surface area contributed by atoms with Gasteiger partial charge in [-0.15, -0.1) is 0 Å². The first-order valence-electron chi connectivity index (χ1n) is 12.1. The number of hydrogen-bond donors (Lipinski definition) is 0. The van der Waals surface area contributed by atoms with Gasteiger partial charge in [-0.25, -0.2) is 4.79 Å². The summed E-state index contributed by atoms with van der Waals surface area (Å²) < 4.78 is 5.71. The first-order valence-corrected chi connectivity index (χ1v) is 12.1. The van der Waals surface area contributed by atoms with Gasteiger partial charge in [0, 0.05) is 19.5 Å². The van der Waals surface area contributed by atoms with Gasteiger partial charge in [-0.1, -0.05) is 100 Å². The lowest BCUT2D eigenvalue weighted by Crippen LogP contribution is -2.29. The molecule has 32 heavy (non-hydrogen) atoms. The van der Waals surface area contributed by atoms with Crippen LogP contribution in [-0.4, -0.2) is 37.5 Å². The number of hydrogen-bond acceptors (Lipinski definition) is 3. The number of amides is 1. The van der Waals surface area contributed by atoms with Crippen molar-refractivity contribution in [2.24, 2.45) is 0 Å². The molecule has 0 aromatic heterocycles. The molecule has 4 nitrogen and oxygen atoms in total. The van der Waals surface area contributed by atoms with E-state index >= 15 is 0 Å². The van der Waals surface area contributed by atoms with Gasteiger partial charge in [-0.2, -0.15) is 0 Å². The summed E-state index contributed by atoms with van der Waals surface area (Å²) in [6, 6.07) is 16.9. The molecule has 3 rings (SSSR count). The predicted octanol–water partition coefficient (Wildman–Crippen LogP) is 7.21. The highest BCUT2D eigenvalue weighted by atomic mass is 16.6. The van der Waals surface area contributed by atoms with Gasteiger partial charge < -0.3 is 14.4 Å². The topological polar surface area (TPSA) is 46.6 Å². The van der Waals surface area contributed by atoms with E-state index in [1.807, 2.05) is 7.05 Å². The standard InChI is InChI=1S/C26H35NO2.C2H4O/c1-3-4-5-6-7-8-9-14-19-27(2)26(28)29-20-25-23-17-12-10-15-21(23)22-16-11-13-18-24(22)25;1-2-3/h10-13,15-18,25H,3-9,14,19-20H2,1-2H3;2H,1H3. The average molecular weight is 438 g/mol. The van der Waals surface area contributed by atoms with Crippen LogP contribution in [0.15, 0.2) is 48.5 Å². The van der Waals surface area contributed by atoms with Crippen molar-refractivity contribution >= 4 is 12.4 Å². The highest BCUT2D eigenvalue weighted by Crippen LogP contribution is 2.44. The van der Waals surface area contributed by atoms with Gasteiger partial charge >= 0.3 is 6.09 Å². The van der Waals surface area contributed by atoms with Crippen LogP contribution in [0.4, 0.5) is 4.79 Å². The van der Waals surface area contributed by atoms with E-state index in [0.29, 0.717) is 6.61 Å². The van der Waals surface area contributed by atoms with E-state index < -0.39 is 0 Å². The maximum absolute atomic E-state index is 12.5. The molecular formula is C28H39NO3. The highest BCUT2D eigenvalue weighted by molar-refractivity contribution is 5.79. The Morgan fingerprint density at radius 3 is 1.88 bits per heavy atom. The van der Waals surface area contributed by atoms with Crippen LogP contribution >= 0.6 is 0 Å². The van der Waals surface area contributed by atoms with Crippen molar-refractivity contribution in [3.63, 3.8) is 0 Å². The zero-order valence-electron chi connectivity index (χ0n) is 20.0. The lowest BCUT2D eigenvalue weighted by atomic mass is 9.98. The van der Waals surface area contributed by atoms with E-state index in [0.717, 1.165) is 19.3 Å². The van der Waals surface area contributed by atoms with E-state index in [1.165, 1.54) is 74.1 Å². The molecule has 0 fully saturated rings. The fourth-order valence-corrected chi connectivity index (χ4v) is 4.28. The molecule has 0 saturated carbocycles. The first kappa shape index (κ1) is 25.6. The molecule has 4 heteroatoms. The SMILES string of the molecule is CC=O.CCCCCCCCCCN(C)C(=O)OCC1c2ccccc2-c2ccccc21. The number of fused-ring (bicyclic) bond motifs is 3. The average Bonchev–Trinajstić information content (AvgIpc) is 3.13. The van der Waals surface area contributed by atoms with Crippen molar-refractivity contribution < 1.29 is 14.3 Å². The van der Waals surface area contributed by atoms with Crippen molar-refractivity contribution in [1.82, 2.24) is 4.90 Å². The maximum Gasteiger partial charge on any atom is 0.409 e. The van der Waals surface area contributed by atoms with Crippen LogP contribution in [-0.2, 0) is 9.53 Å². The lowest BCUT2D eigenvalue weighted by Gasteiger charge is -2.19. The zero-order valence-corrected chi connectivity index (χ0v) is 20.0. The summed E-state index contributed by atoms with van der Waals surface area (Å²) in [4.78, 5) is 23.0. The smallest absolute Gasteiger partial charge is 0.409 e. The molecule has 0 unspecified atom stereocenters. The monoisotopic (exact) mass is 437 g/mol. The van der Waals surface area contributed by atoms with Gasteiger partial charge in [0.2, 0.25) is 0 Å². The van der Waals surface area contributed by atoms with E-state index in [2.05, 4.69) is 55.5 Å². The maximum atomic E-state index is 12.5. The van der Waals surface area contributed by atoms with Gasteiger partial charge in [0.15, 0.2) is 0 Å². The number of carbonyl (C=O) groups excluding carboxylic acids is 2. The van der Waals surface area contributed by atoms with Crippen LogP contribution in [0.2, 0.25) is 0 Å². The Labute approximate surface area is 194 Å². The third kappa shape index (κ3) is 7.51. The number of unbranched alkanes of at least 4 members (excludes halogenated alkanes) is 7. The molecule has 0 spiro atoms. The van der Waals surface area contributed by atoms with E-state index in [9.17, 15) is 4.79 Å². The van der Waals surface area contributed by atoms with Gasteiger partial charge in [0.05, 0.1) is 0 Å². The Morgan fingerprint density at radius 2 is 1.34 bits per heavy atom. The van der Waals surface area contributed by atoms with E-state index in [4.69, 9.17) is 9.53 Å². The molecule has 0 radical (unpaired) electrons. The summed E-state index contributed by atoms with van der Waals surface area (Å²) >= 11 is 0. The molecule has 1 aliphatic carbocycles. The van der Waals surface area contributed by atoms with Crippen molar-refractivity contribution in [3.05, 3.63) is 59.7 Å². The largest absolute Gasteiger partial charge is 0.448 e. The Kier molecular flexibility index (Phi) is 11.6. The van der Waals surface area contributed by atoms with Crippen LogP contribution < -0.4 is 0 Å². The number of benzene rings is 2. The van der Waals surface area contributed by atoms with Gasteiger partial charge in [-0.05, 0) is 35.6 Å². The second kappa shape index (κ2) is 14.4. The van der Waals surface area contributed by atoms with Gasteiger partial charge in [0.1, 0.15) is 12.9 Å². The van der Waals surface area contributed by atoms with Crippen molar-refractivity contribution in [2.45, 2.75) is 71.1 Å². The van der Waals surface area contributed by atoms with Gasteiger partial charge in [-0.3, -0.25) is 0 Å². The second-order valence-corrected chi connectivity index (χ2v) is 8.44. The minimum atomic E-state index is -0.213. The fourth-order valence-electron chi connectivity index (χ4n) is 4.28. The molecule has 0 heterocycles. The molecule has 0 N–H and O–H groups in total. The highest BCUT2D eigenvalue weighted by Gasteiger charge is 2.29. The van der Waals surface area contributed by atoms with Crippen LogP contribution in [0, 0.1) is 0 Å². The molecule has 174 valence electrons. The zero-order chi connectivity index (χ0) is 23.2. The molecular weight excluding hydrogens is 398 g/mol. The minimum Gasteiger partial charge on any atom is -0.448 e. The summed E-state index contributed by atoms with van der Waals surface area (Å²) in [5.74, 6) is 0.128. The molecule has 2 aromatic rings. The number of carbonyl (C=O) groups is 2. The summed E-state index contributed by atoms with van der Waals surface area (Å²) in [5, 5.41) is 0. The van der Waals surface area contributed by atoms with Gasteiger partial charge in [0.25, 0.3) is 0 Å². The Bertz CT molecular complexity index is 787. The third-order valence-electron chi connectivity index (χ3n) is 5.99. The first-order chi connectivity index (χ1) is 15.6. The lowest BCUT2D eigenvalue weighted by molar-refractivity contribution is -0.106. The third-order valence-corrected chi connectivity index (χ3v) is 5.99. The molecule has 0 bridgehead atoms. The second-order valence-electron chi connectivity index (χ2n) is 8.44. The summed E-state index contributed by atoms with van der Waals surface area (Å²) in [6.45, 7) is 4.86. The van der Waals surface area contributed by atoms with Crippen molar-refractivity contribution in [3.8, 4) is 11.1 Å². The van der Waals surface area contributed by atoms with Crippen LogP contribution in [0.1, 0.15) is 82.3 Å². The van der Waals surface area contributed by atoms with E-state index in [-0.39, 0.29) is 12.0 Å². The molecule has 0 saturated heterocycles. The Morgan fingerprint density at radius 1 is 0.875 bits per heavy atom. The van der Waals surface area contributed by atoms with Crippen LogP contribution in [0.25, 0.3) is 11.1 Å². The minimum absolute atomic E-state index is 0.128. The normalized spacial score (nSPS) is 11.7. The van der Waals surface area contributed by atoms with Crippen molar-refractivity contribution in [2.75, 3.05) is 20.2 Å². The summed E-state index contributed by atoms with van der Waals surface area (Å²) in [6.07, 6.45) is 10.7. The predicted molar refractivity (Wildman–Crippen MR) is 132 cm³/mol. The molecule has 1 aliphatic rings. The summed E-state index contributed by atoms with van der Waals surface area (Å²) in [7, 11) is 1.85. The quantitative estimate of drug-likeness (QED) is 0.275. The van der Waals surface area contributed by atoms with Crippen LogP contribution in [0.3, 0.4) is 0 Å².